The lowest BCUT2D eigenvalue weighted by molar-refractivity contribution is -0.143. The van der Waals surface area contributed by atoms with Crippen molar-refractivity contribution in [3.05, 3.63) is 71.4 Å². The molecule has 0 radical (unpaired) electrons. The Balaban J connectivity index is 1.79. The number of hydrogen-bond acceptors (Lipinski definition) is 4. The Morgan fingerprint density at radius 1 is 1.00 bits per heavy atom. The topological polar surface area (TPSA) is 55.7 Å². The van der Waals surface area contributed by atoms with E-state index in [2.05, 4.69) is 17.1 Å². The van der Waals surface area contributed by atoms with Gasteiger partial charge in [0.05, 0.1) is 7.11 Å². The van der Waals surface area contributed by atoms with Crippen LogP contribution in [0.4, 0.5) is 0 Å². The molecule has 0 fully saturated rings. The molecule has 4 rings (SSSR count). The number of esters is 1. The van der Waals surface area contributed by atoms with Crippen LogP contribution in [0.3, 0.4) is 0 Å². The van der Waals surface area contributed by atoms with E-state index >= 15 is 0 Å². The molecule has 0 N–H and O–H groups in total. The summed E-state index contributed by atoms with van der Waals surface area (Å²) in [4.78, 5) is 30.0. The van der Waals surface area contributed by atoms with Gasteiger partial charge in [-0.1, -0.05) is 54.6 Å². The van der Waals surface area contributed by atoms with Crippen LogP contribution < -0.4 is 0 Å². The molecule has 0 saturated carbocycles. The van der Waals surface area contributed by atoms with Crippen LogP contribution in [0.5, 0.6) is 0 Å². The Morgan fingerprint density at radius 3 is 2.36 bits per heavy atom. The summed E-state index contributed by atoms with van der Waals surface area (Å²) in [6.45, 7) is 1.86. The van der Waals surface area contributed by atoms with Gasteiger partial charge in [0, 0.05) is 29.3 Å². The Morgan fingerprint density at radius 2 is 1.68 bits per heavy atom. The number of benzene rings is 2. The zero-order chi connectivity index (χ0) is 19.7. The Hall–Kier alpha value is -3.01. The van der Waals surface area contributed by atoms with Crippen LogP contribution >= 0.6 is 0 Å². The lowest BCUT2D eigenvalue weighted by Crippen LogP contribution is -2.36. The van der Waals surface area contributed by atoms with Crippen molar-refractivity contribution in [2.24, 2.45) is 10.9 Å². The van der Waals surface area contributed by atoms with Crippen molar-refractivity contribution in [1.29, 1.82) is 0 Å². The van der Waals surface area contributed by atoms with Crippen molar-refractivity contribution < 1.29 is 14.3 Å². The summed E-state index contributed by atoms with van der Waals surface area (Å²) in [6.07, 6.45) is 2.11. The molecule has 1 aliphatic carbocycles. The second kappa shape index (κ2) is 7.55. The first-order valence-corrected chi connectivity index (χ1v) is 9.65. The molecular weight excluding hydrogens is 350 g/mol. The zero-order valence-electron chi connectivity index (χ0n) is 16.1. The minimum Gasteiger partial charge on any atom is -0.468 e. The van der Waals surface area contributed by atoms with E-state index in [4.69, 9.17) is 4.74 Å². The molecule has 0 bridgehead atoms. The molecule has 1 aliphatic heterocycles. The van der Waals surface area contributed by atoms with Crippen LogP contribution in [-0.2, 0) is 14.3 Å². The van der Waals surface area contributed by atoms with E-state index in [9.17, 15) is 9.59 Å². The van der Waals surface area contributed by atoms with E-state index in [1.54, 1.807) is 0 Å². The first-order chi connectivity index (χ1) is 13.6. The predicted octanol–water partition coefficient (Wildman–Crippen LogP) is 4.71. The Bertz CT molecular complexity index is 971. The maximum absolute atomic E-state index is 12.8. The van der Waals surface area contributed by atoms with Crippen LogP contribution in [0.15, 0.2) is 70.9 Å². The van der Waals surface area contributed by atoms with Crippen molar-refractivity contribution in [2.75, 3.05) is 7.11 Å². The predicted molar refractivity (Wildman–Crippen MR) is 109 cm³/mol. The van der Waals surface area contributed by atoms with Gasteiger partial charge in [0.2, 0.25) is 0 Å². The number of aliphatic imine (C=N–C) groups is 1. The highest BCUT2D eigenvalue weighted by Crippen LogP contribution is 2.43. The van der Waals surface area contributed by atoms with Crippen LogP contribution in [0.1, 0.15) is 37.7 Å². The lowest BCUT2D eigenvalue weighted by atomic mass is 9.71. The summed E-state index contributed by atoms with van der Waals surface area (Å²) < 4.78 is 5.07. The molecule has 142 valence electrons. The zero-order valence-corrected chi connectivity index (χ0v) is 16.1. The van der Waals surface area contributed by atoms with Crippen molar-refractivity contribution in [3.63, 3.8) is 0 Å². The molecule has 2 aliphatic rings. The number of ketones is 1. The first kappa shape index (κ1) is 18.4. The van der Waals surface area contributed by atoms with Crippen molar-refractivity contribution in [1.82, 2.24) is 0 Å². The minimum absolute atomic E-state index is 0.100. The highest BCUT2D eigenvalue weighted by Gasteiger charge is 2.42. The van der Waals surface area contributed by atoms with Crippen LogP contribution in [-0.4, -0.2) is 24.6 Å². The molecule has 28 heavy (non-hydrogen) atoms. The largest absolute Gasteiger partial charge is 0.468 e. The molecule has 0 aromatic heterocycles. The third-order valence-corrected chi connectivity index (χ3v) is 5.67. The highest BCUT2D eigenvalue weighted by atomic mass is 16.5. The monoisotopic (exact) mass is 373 g/mol. The normalized spacial score (nSPS) is 21.8. The number of hydrogen-bond donors (Lipinski definition) is 0. The Labute approximate surface area is 164 Å². The van der Waals surface area contributed by atoms with Gasteiger partial charge in [-0.05, 0) is 36.5 Å². The van der Waals surface area contributed by atoms with Crippen molar-refractivity contribution >= 4 is 17.5 Å². The van der Waals surface area contributed by atoms with Crippen molar-refractivity contribution in [2.45, 2.75) is 32.1 Å². The Kier molecular flexibility index (Phi) is 4.95. The second-order valence-corrected chi connectivity index (χ2v) is 7.36. The molecule has 2 aromatic rings. The smallest absolute Gasteiger partial charge is 0.315 e. The summed E-state index contributed by atoms with van der Waals surface area (Å²) in [7, 11) is 1.39. The van der Waals surface area contributed by atoms with Gasteiger partial charge < -0.3 is 4.74 Å². The van der Waals surface area contributed by atoms with E-state index in [-0.39, 0.29) is 17.7 Å². The molecule has 0 spiro atoms. The summed E-state index contributed by atoms with van der Waals surface area (Å²) in [6, 6.07) is 18.3. The number of Topliss-reactive ketones (excluding diaryl/α,β-unsaturated/α-hetero) is 1. The van der Waals surface area contributed by atoms with E-state index < -0.39 is 5.92 Å². The summed E-state index contributed by atoms with van der Waals surface area (Å²) >= 11 is 0. The number of allylic oxidation sites excluding steroid dienone is 2. The summed E-state index contributed by atoms with van der Waals surface area (Å²) in [5.74, 6) is -1.14. The number of carbonyl (C=O) groups is 2. The number of ether oxygens (including phenoxy) is 1. The fraction of sp³-hybridized carbons (Fsp3) is 0.292. The fourth-order valence-corrected chi connectivity index (χ4v) is 4.31. The molecule has 1 unspecified atom stereocenters. The third kappa shape index (κ3) is 3.19. The van der Waals surface area contributed by atoms with Crippen LogP contribution in [0.25, 0.3) is 11.1 Å². The van der Waals surface area contributed by atoms with Crippen LogP contribution in [0, 0.1) is 5.92 Å². The molecule has 0 amide bonds. The van der Waals surface area contributed by atoms with Gasteiger partial charge in [0.15, 0.2) is 5.78 Å². The maximum Gasteiger partial charge on any atom is 0.315 e. The molecule has 0 saturated heterocycles. The van der Waals surface area contributed by atoms with Gasteiger partial charge >= 0.3 is 5.97 Å². The van der Waals surface area contributed by atoms with Crippen molar-refractivity contribution in [3.8, 4) is 11.1 Å². The van der Waals surface area contributed by atoms with Gasteiger partial charge in [-0.25, -0.2) is 0 Å². The first-order valence-electron chi connectivity index (χ1n) is 9.65. The molecule has 2 aromatic carbocycles. The fourth-order valence-electron chi connectivity index (χ4n) is 4.31. The molecule has 2 atom stereocenters. The number of rotatable bonds is 3. The minimum atomic E-state index is -0.562. The van der Waals surface area contributed by atoms with Gasteiger partial charge in [-0.15, -0.1) is 0 Å². The number of carbonyl (C=O) groups excluding carboxylic acids is 2. The second-order valence-electron chi connectivity index (χ2n) is 7.36. The van der Waals surface area contributed by atoms with E-state index in [1.807, 2.05) is 49.4 Å². The SMILES string of the molecule is COC(=O)C1C(C)=NC2=C(C(=O)CCC2)[C@H]1c1ccc(-c2ccccc2)cc1. The van der Waals surface area contributed by atoms with Gasteiger partial charge in [-0.2, -0.15) is 0 Å². The molecule has 1 heterocycles. The quantitative estimate of drug-likeness (QED) is 0.732. The number of nitrogens with zero attached hydrogens (tertiary/aromatic N) is 1. The number of methoxy groups -OCH3 is 1. The van der Waals surface area contributed by atoms with Crippen LogP contribution in [0.2, 0.25) is 0 Å². The van der Waals surface area contributed by atoms with E-state index in [0.717, 1.165) is 40.9 Å². The summed E-state index contributed by atoms with van der Waals surface area (Å²) in [5.41, 5.74) is 5.44. The standard InChI is InChI=1S/C24H23NO3/c1-15-21(24(27)28-2)22(23-19(25-15)9-6-10-20(23)26)18-13-11-17(12-14-18)16-7-4-3-5-8-16/h3-5,7-8,11-14,21-22H,6,9-10H2,1-2H3/t21?,22-/m0/s1. The van der Waals surface area contributed by atoms with Gasteiger partial charge in [0.1, 0.15) is 5.92 Å². The molecule has 4 heteroatoms. The third-order valence-electron chi connectivity index (χ3n) is 5.67. The highest BCUT2D eigenvalue weighted by molar-refractivity contribution is 6.08. The van der Waals surface area contributed by atoms with Gasteiger partial charge in [-0.3, -0.25) is 14.6 Å². The summed E-state index contributed by atoms with van der Waals surface area (Å²) in [5, 5.41) is 0. The average molecular weight is 373 g/mol. The molecule has 4 nitrogen and oxygen atoms in total. The lowest BCUT2D eigenvalue weighted by Gasteiger charge is -2.34. The molecular formula is C24H23NO3. The maximum atomic E-state index is 12.8. The van der Waals surface area contributed by atoms with Gasteiger partial charge in [0.25, 0.3) is 0 Å². The average Bonchev–Trinajstić information content (AvgIpc) is 2.73. The van der Waals surface area contributed by atoms with E-state index in [1.165, 1.54) is 7.11 Å². The van der Waals surface area contributed by atoms with E-state index in [0.29, 0.717) is 12.0 Å².